The summed E-state index contributed by atoms with van der Waals surface area (Å²) in [5, 5.41) is 12.2. The van der Waals surface area contributed by atoms with Gasteiger partial charge in [0.05, 0.1) is 25.9 Å². The zero-order valence-electron chi connectivity index (χ0n) is 31.1. The van der Waals surface area contributed by atoms with Gasteiger partial charge in [-0.1, -0.05) is 54.9 Å². The molecule has 0 bridgehead atoms. The molecule has 0 saturated carbocycles. The number of amides is 1. The van der Waals surface area contributed by atoms with E-state index in [9.17, 15) is 14.4 Å². The van der Waals surface area contributed by atoms with Crippen molar-refractivity contribution < 1.29 is 35.1 Å². The van der Waals surface area contributed by atoms with Crippen LogP contribution >= 0.6 is 0 Å². The molecule has 2 fully saturated rings. The minimum atomic E-state index is -0.666. The summed E-state index contributed by atoms with van der Waals surface area (Å²) in [7, 11) is 3.75. The first kappa shape index (κ1) is 44.4. The van der Waals surface area contributed by atoms with Crippen molar-refractivity contribution in [2.24, 2.45) is 29.6 Å². The lowest BCUT2D eigenvalue weighted by molar-refractivity contribution is -0.169. The molecule has 0 aromatic rings. The number of ether oxygens (including phenoxy) is 3. The van der Waals surface area contributed by atoms with Gasteiger partial charge in [0, 0.05) is 53.6 Å². The van der Waals surface area contributed by atoms with Crippen LogP contribution in [0, 0.1) is 29.6 Å². The Morgan fingerprint density at radius 3 is 2.26 bits per heavy atom. The smallest absolute Gasteiger partial charge is 0.316 e. The van der Waals surface area contributed by atoms with Crippen LogP contribution in [0.1, 0.15) is 108 Å². The summed E-state index contributed by atoms with van der Waals surface area (Å²) in [4.78, 5) is 42.8. The van der Waals surface area contributed by atoms with Crippen molar-refractivity contribution in [3.63, 3.8) is 0 Å². The van der Waals surface area contributed by atoms with Gasteiger partial charge < -0.3 is 34.4 Å². The van der Waals surface area contributed by atoms with Gasteiger partial charge in [0.15, 0.2) is 6.29 Å². The fourth-order valence-electron chi connectivity index (χ4n) is 6.41. The number of hydrogen-bond acceptors (Lipinski definition) is 9. The lowest BCUT2D eigenvalue weighted by Crippen LogP contribution is -2.43. The van der Waals surface area contributed by atoms with E-state index in [2.05, 4.69) is 38.0 Å². The van der Waals surface area contributed by atoms with E-state index in [0.29, 0.717) is 56.8 Å². The molecule has 274 valence electrons. The van der Waals surface area contributed by atoms with Crippen molar-refractivity contribution in [1.29, 1.82) is 0 Å². The van der Waals surface area contributed by atoms with Crippen LogP contribution in [0.5, 0.6) is 0 Å². The number of aliphatic hydroxyl groups is 1. The Kier molecular flexibility index (Phi) is 25.5. The van der Waals surface area contributed by atoms with Gasteiger partial charge in [0.2, 0.25) is 5.91 Å². The molecule has 2 aliphatic heterocycles. The highest BCUT2D eigenvalue weighted by atomic mass is 16.6. The first-order chi connectivity index (χ1) is 21.9. The van der Waals surface area contributed by atoms with Crippen LogP contribution in [-0.4, -0.2) is 112 Å². The highest BCUT2D eigenvalue weighted by Crippen LogP contribution is 2.25. The standard InChI is InChI=1S/C27H51N3O5.C7H14O2.C2H6.H2/c1-7-10-24-26(32)23(4)18-21(2)17-22(3)20-29(5)13-14-30(12-8-9-15-35-27(24)33)25(31)19-28-11-16-34-6;1-5-3-6(2)9-7(8)4-5;1-2;/h21-24,28H,7-20H2,1-6H3;5-8H,3-4H2,1-2H3;1-2H3;1H/t21-,22-,23-,24?;5-,6+,7+;;/m10../s1. The van der Waals surface area contributed by atoms with Crippen LogP contribution in [0.15, 0.2) is 0 Å². The van der Waals surface area contributed by atoms with E-state index in [1.165, 1.54) is 0 Å². The summed E-state index contributed by atoms with van der Waals surface area (Å²) in [6, 6.07) is 0. The zero-order valence-corrected chi connectivity index (χ0v) is 31.1. The maximum Gasteiger partial charge on any atom is 0.316 e. The number of carbonyl (C=O) groups excluding carboxylic acids is 3. The molecule has 2 aliphatic rings. The molecule has 0 aromatic heterocycles. The number of ketones is 1. The first-order valence-electron chi connectivity index (χ1n) is 18.1. The predicted octanol–water partition coefficient (Wildman–Crippen LogP) is 5.41. The van der Waals surface area contributed by atoms with Crippen molar-refractivity contribution >= 4 is 17.7 Å². The number of hydrogen-bond donors (Lipinski definition) is 2. The van der Waals surface area contributed by atoms with Crippen molar-refractivity contribution in [1.82, 2.24) is 15.1 Å². The Morgan fingerprint density at radius 1 is 0.978 bits per heavy atom. The maximum absolute atomic E-state index is 13.1. The third kappa shape index (κ3) is 19.9. The molecule has 2 N–H and O–H groups in total. The zero-order chi connectivity index (χ0) is 35.1. The monoisotopic (exact) mass is 660 g/mol. The minimum Gasteiger partial charge on any atom is -0.465 e. The summed E-state index contributed by atoms with van der Waals surface area (Å²) in [6.07, 6.45) is 6.14. The molecule has 2 rings (SSSR count). The Bertz CT molecular complexity index is 796. The highest BCUT2D eigenvalue weighted by molar-refractivity contribution is 6.00. The van der Waals surface area contributed by atoms with E-state index in [1.54, 1.807) is 7.11 Å². The van der Waals surface area contributed by atoms with E-state index < -0.39 is 12.2 Å². The number of aliphatic hydroxyl groups excluding tert-OH is 1. The normalized spacial score (nSPS) is 29.6. The Hall–Kier alpha value is -1.59. The van der Waals surface area contributed by atoms with Crippen LogP contribution < -0.4 is 5.32 Å². The SMILES string of the molecule is CC.CCCC1C(=O)OCCCCN(C(=O)CNCCOC)CCN(C)C[C@H](C)C[C@@H](C)C[C@@H](C)C1=O.C[C@H]1C[C@@H](C)O[C@@H](O)C1.[HH]. The predicted molar refractivity (Wildman–Crippen MR) is 188 cm³/mol. The molecule has 2 heterocycles. The van der Waals surface area contributed by atoms with Gasteiger partial charge in [-0.2, -0.15) is 0 Å². The fourth-order valence-corrected chi connectivity index (χ4v) is 6.41. The average molecular weight is 660 g/mol. The van der Waals surface area contributed by atoms with Crippen molar-refractivity contribution in [2.75, 3.05) is 66.6 Å². The van der Waals surface area contributed by atoms with Gasteiger partial charge in [0.1, 0.15) is 11.7 Å². The van der Waals surface area contributed by atoms with E-state index >= 15 is 0 Å². The third-order valence-electron chi connectivity index (χ3n) is 8.53. The molecule has 2 saturated heterocycles. The first-order valence-corrected chi connectivity index (χ1v) is 18.1. The van der Waals surface area contributed by atoms with Gasteiger partial charge in [-0.25, -0.2) is 0 Å². The van der Waals surface area contributed by atoms with Crippen molar-refractivity contribution in [3.8, 4) is 0 Å². The Morgan fingerprint density at radius 2 is 1.65 bits per heavy atom. The van der Waals surface area contributed by atoms with E-state index in [4.69, 9.17) is 19.3 Å². The van der Waals surface area contributed by atoms with Crippen LogP contribution in [0.4, 0.5) is 0 Å². The van der Waals surface area contributed by atoms with Crippen molar-refractivity contribution in [2.45, 2.75) is 119 Å². The number of nitrogens with one attached hydrogen (secondary N) is 1. The quantitative estimate of drug-likeness (QED) is 0.210. The molecule has 10 nitrogen and oxygen atoms in total. The lowest BCUT2D eigenvalue weighted by atomic mass is 9.83. The largest absolute Gasteiger partial charge is 0.465 e. The molecule has 1 unspecified atom stereocenters. The summed E-state index contributed by atoms with van der Waals surface area (Å²) in [5.41, 5.74) is 0. The number of rotatable bonds is 7. The molecule has 46 heavy (non-hydrogen) atoms. The van der Waals surface area contributed by atoms with Crippen LogP contribution in [0.25, 0.3) is 0 Å². The molecule has 10 heteroatoms. The number of esters is 1. The van der Waals surface area contributed by atoms with Crippen molar-refractivity contribution in [3.05, 3.63) is 0 Å². The summed E-state index contributed by atoms with van der Waals surface area (Å²) in [6.45, 7) is 21.4. The van der Waals surface area contributed by atoms with Crippen LogP contribution in [-0.2, 0) is 28.6 Å². The molecule has 0 aromatic carbocycles. The number of likely N-dealkylation sites (N-methyl/N-ethyl adjacent to an activating group) is 1. The van der Waals surface area contributed by atoms with Gasteiger partial charge in [-0.3, -0.25) is 14.4 Å². The van der Waals surface area contributed by atoms with Gasteiger partial charge in [-0.15, -0.1) is 0 Å². The molecule has 1 amide bonds. The second-order valence-corrected chi connectivity index (χ2v) is 13.5. The Balaban J connectivity index is 0. The minimum absolute atomic E-state index is 0. The van der Waals surface area contributed by atoms with Gasteiger partial charge in [0.25, 0.3) is 0 Å². The fraction of sp³-hybridized carbons (Fsp3) is 0.917. The maximum atomic E-state index is 13.1. The molecule has 0 radical (unpaired) electrons. The molecule has 0 aliphatic carbocycles. The second-order valence-electron chi connectivity index (χ2n) is 13.5. The van der Waals surface area contributed by atoms with Crippen LogP contribution in [0.3, 0.4) is 0 Å². The van der Waals surface area contributed by atoms with Crippen LogP contribution in [0.2, 0.25) is 0 Å². The van der Waals surface area contributed by atoms with Gasteiger partial charge in [-0.05, 0) is 70.3 Å². The second kappa shape index (κ2) is 26.4. The van der Waals surface area contributed by atoms with Gasteiger partial charge >= 0.3 is 5.97 Å². The number of Topliss-reactive ketones (excluding diaryl/α,β-unsaturated/α-hetero) is 1. The van der Waals surface area contributed by atoms with E-state index in [-0.39, 0.29) is 44.3 Å². The number of methoxy groups -OCH3 is 1. The highest BCUT2D eigenvalue weighted by Gasteiger charge is 2.31. The number of carbonyl (C=O) groups is 3. The number of cyclic esters (lactones) is 1. The summed E-state index contributed by atoms with van der Waals surface area (Å²) >= 11 is 0. The molecule has 0 spiro atoms. The molecule has 7 atom stereocenters. The Labute approximate surface area is 283 Å². The lowest BCUT2D eigenvalue weighted by Gasteiger charge is -2.29. The molecular weight excluding hydrogens is 586 g/mol. The average Bonchev–Trinajstić information content (AvgIpc) is 2.98. The van der Waals surface area contributed by atoms with E-state index in [1.807, 2.05) is 39.5 Å². The summed E-state index contributed by atoms with van der Waals surface area (Å²) in [5.74, 6) is 0.387. The third-order valence-corrected chi connectivity index (χ3v) is 8.53. The number of nitrogens with zero attached hydrogens (tertiary/aromatic N) is 2. The van der Waals surface area contributed by atoms with E-state index in [0.717, 1.165) is 51.6 Å². The molecular formula is C36H73N3O7. The topological polar surface area (TPSA) is 118 Å². The summed E-state index contributed by atoms with van der Waals surface area (Å²) < 4.78 is 15.7.